The molecule has 15 heavy (non-hydrogen) atoms. The number of piperidine rings is 1. The van der Waals surface area contributed by atoms with Gasteiger partial charge in [-0.2, -0.15) is 0 Å². The Labute approximate surface area is 94.0 Å². The molecule has 82 valence electrons. The molecule has 0 saturated carbocycles. The second kappa shape index (κ2) is 4.27. The number of alkyl halides is 1. The van der Waals surface area contributed by atoms with Crippen LogP contribution in [0.2, 0.25) is 0 Å². The first-order chi connectivity index (χ1) is 7.18. The molecule has 0 bridgehead atoms. The molecule has 0 aromatic carbocycles. The number of likely N-dealkylation sites (tertiary alicyclic amines) is 1. The second-order valence-corrected chi connectivity index (χ2v) is 4.50. The molecule has 1 unspecified atom stereocenters. The quantitative estimate of drug-likeness (QED) is 0.691. The molecule has 1 saturated heterocycles. The van der Waals surface area contributed by atoms with Crippen LogP contribution in [0.5, 0.6) is 0 Å². The lowest BCUT2D eigenvalue weighted by Gasteiger charge is -2.29. The Morgan fingerprint density at radius 2 is 2.47 bits per heavy atom. The number of halogens is 1. The molecule has 1 aromatic rings. The highest BCUT2D eigenvalue weighted by Gasteiger charge is 2.24. The molecule has 3 nitrogen and oxygen atoms in total. The van der Waals surface area contributed by atoms with Gasteiger partial charge in [0.25, 0.3) is 5.91 Å². The third kappa shape index (κ3) is 2.17. The van der Waals surface area contributed by atoms with Gasteiger partial charge in [0.15, 0.2) is 0 Å². The van der Waals surface area contributed by atoms with Crippen molar-refractivity contribution in [2.75, 3.05) is 13.1 Å². The van der Waals surface area contributed by atoms with Crippen LogP contribution in [0.4, 0.5) is 0 Å². The number of rotatable bonds is 1. The van der Waals surface area contributed by atoms with Crippen molar-refractivity contribution in [3.63, 3.8) is 0 Å². The van der Waals surface area contributed by atoms with E-state index in [1.165, 1.54) is 0 Å². The summed E-state index contributed by atoms with van der Waals surface area (Å²) < 4.78 is 5.12. The van der Waals surface area contributed by atoms with Crippen LogP contribution in [0.3, 0.4) is 0 Å². The number of carbonyl (C=O) groups excluding carboxylic acids is 1. The highest BCUT2D eigenvalue weighted by molar-refractivity contribution is 6.21. The average molecular weight is 228 g/mol. The number of aryl methyl sites for hydroxylation is 1. The standard InChI is InChI=1S/C11H14ClNO2/c1-8-10(4-6-15-8)11(14)13-5-2-3-9(12)7-13/h4,6,9H,2-3,5,7H2,1H3. The van der Waals surface area contributed by atoms with Crippen molar-refractivity contribution in [1.29, 1.82) is 0 Å². The first-order valence-corrected chi connectivity index (χ1v) is 5.59. The van der Waals surface area contributed by atoms with Crippen molar-refractivity contribution in [1.82, 2.24) is 4.90 Å². The van der Waals surface area contributed by atoms with Crippen LogP contribution < -0.4 is 0 Å². The van der Waals surface area contributed by atoms with Crippen molar-refractivity contribution in [2.24, 2.45) is 0 Å². The number of furan rings is 1. The van der Waals surface area contributed by atoms with Crippen LogP contribution in [0.1, 0.15) is 29.0 Å². The average Bonchev–Trinajstić information content (AvgIpc) is 2.63. The fraction of sp³-hybridized carbons (Fsp3) is 0.545. The van der Waals surface area contributed by atoms with Gasteiger partial charge in [-0.05, 0) is 25.8 Å². The number of carbonyl (C=O) groups is 1. The third-order valence-corrected chi connectivity index (χ3v) is 3.10. The van der Waals surface area contributed by atoms with Gasteiger partial charge in [0.2, 0.25) is 0 Å². The molecule has 0 spiro atoms. The van der Waals surface area contributed by atoms with Crippen LogP contribution in [0, 0.1) is 6.92 Å². The van der Waals surface area contributed by atoms with E-state index in [4.69, 9.17) is 16.0 Å². The van der Waals surface area contributed by atoms with E-state index < -0.39 is 0 Å². The summed E-state index contributed by atoms with van der Waals surface area (Å²) in [4.78, 5) is 13.8. The van der Waals surface area contributed by atoms with E-state index in [0.29, 0.717) is 17.9 Å². The van der Waals surface area contributed by atoms with E-state index in [1.54, 1.807) is 24.2 Å². The van der Waals surface area contributed by atoms with Gasteiger partial charge in [-0.25, -0.2) is 0 Å². The molecule has 1 aliphatic rings. The lowest BCUT2D eigenvalue weighted by atomic mass is 10.1. The van der Waals surface area contributed by atoms with E-state index >= 15 is 0 Å². The summed E-state index contributed by atoms with van der Waals surface area (Å²) in [6.07, 6.45) is 3.53. The molecular formula is C11H14ClNO2. The molecular weight excluding hydrogens is 214 g/mol. The first-order valence-electron chi connectivity index (χ1n) is 5.16. The van der Waals surface area contributed by atoms with Crippen molar-refractivity contribution in [3.8, 4) is 0 Å². The molecule has 0 radical (unpaired) electrons. The number of amides is 1. The maximum Gasteiger partial charge on any atom is 0.257 e. The third-order valence-electron chi connectivity index (χ3n) is 2.74. The first kappa shape index (κ1) is 10.6. The largest absolute Gasteiger partial charge is 0.469 e. The number of hydrogen-bond acceptors (Lipinski definition) is 2. The Kier molecular flexibility index (Phi) is 3.00. The highest BCUT2D eigenvalue weighted by atomic mass is 35.5. The van der Waals surface area contributed by atoms with Gasteiger partial charge in [-0.3, -0.25) is 4.79 Å². The summed E-state index contributed by atoms with van der Waals surface area (Å²) in [5.41, 5.74) is 0.653. The zero-order valence-electron chi connectivity index (χ0n) is 8.70. The zero-order chi connectivity index (χ0) is 10.8. The van der Waals surface area contributed by atoms with Gasteiger partial charge in [-0.1, -0.05) is 0 Å². The summed E-state index contributed by atoms with van der Waals surface area (Å²) in [7, 11) is 0. The predicted molar refractivity (Wildman–Crippen MR) is 58.2 cm³/mol. The monoisotopic (exact) mass is 227 g/mol. The van der Waals surface area contributed by atoms with Gasteiger partial charge in [-0.15, -0.1) is 11.6 Å². The normalized spacial score (nSPS) is 21.7. The molecule has 2 rings (SSSR count). The van der Waals surface area contributed by atoms with Crippen LogP contribution >= 0.6 is 11.6 Å². The maximum absolute atomic E-state index is 12.0. The zero-order valence-corrected chi connectivity index (χ0v) is 9.46. The molecule has 0 N–H and O–H groups in total. The Hall–Kier alpha value is -0.960. The smallest absolute Gasteiger partial charge is 0.257 e. The van der Waals surface area contributed by atoms with Gasteiger partial charge in [0, 0.05) is 13.1 Å². The molecule has 2 heterocycles. The Balaban J connectivity index is 2.11. The van der Waals surface area contributed by atoms with E-state index in [9.17, 15) is 4.79 Å². The van der Waals surface area contributed by atoms with Crippen LogP contribution in [-0.2, 0) is 0 Å². The van der Waals surface area contributed by atoms with Gasteiger partial charge < -0.3 is 9.32 Å². The Bertz CT molecular complexity index is 361. The van der Waals surface area contributed by atoms with Gasteiger partial charge >= 0.3 is 0 Å². The molecule has 1 atom stereocenters. The second-order valence-electron chi connectivity index (χ2n) is 3.88. The van der Waals surface area contributed by atoms with Crippen molar-refractivity contribution >= 4 is 17.5 Å². The minimum absolute atomic E-state index is 0.0339. The summed E-state index contributed by atoms with van der Waals surface area (Å²) in [5, 5.41) is 0.0925. The van der Waals surface area contributed by atoms with Crippen molar-refractivity contribution < 1.29 is 9.21 Å². The molecule has 4 heteroatoms. The van der Waals surface area contributed by atoms with E-state index in [2.05, 4.69) is 0 Å². The van der Waals surface area contributed by atoms with E-state index in [-0.39, 0.29) is 11.3 Å². The fourth-order valence-electron chi connectivity index (χ4n) is 1.89. The molecule has 0 aliphatic carbocycles. The fourth-order valence-corrected chi connectivity index (χ4v) is 2.21. The number of hydrogen-bond donors (Lipinski definition) is 0. The predicted octanol–water partition coefficient (Wildman–Crippen LogP) is 2.43. The van der Waals surface area contributed by atoms with Gasteiger partial charge in [0.1, 0.15) is 5.76 Å². The summed E-state index contributed by atoms with van der Waals surface area (Å²) >= 11 is 6.04. The minimum atomic E-state index is 0.0339. The van der Waals surface area contributed by atoms with Crippen LogP contribution in [-0.4, -0.2) is 29.3 Å². The maximum atomic E-state index is 12.0. The van der Waals surface area contributed by atoms with E-state index in [0.717, 1.165) is 19.4 Å². The van der Waals surface area contributed by atoms with Gasteiger partial charge in [0.05, 0.1) is 17.2 Å². The lowest BCUT2D eigenvalue weighted by molar-refractivity contribution is 0.0725. The highest BCUT2D eigenvalue weighted by Crippen LogP contribution is 2.19. The van der Waals surface area contributed by atoms with Crippen molar-refractivity contribution in [2.45, 2.75) is 25.1 Å². The number of nitrogens with zero attached hydrogens (tertiary/aromatic N) is 1. The van der Waals surface area contributed by atoms with E-state index in [1.807, 2.05) is 0 Å². The minimum Gasteiger partial charge on any atom is -0.469 e. The topological polar surface area (TPSA) is 33.5 Å². The SMILES string of the molecule is Cc1occc1C(=O)N1CCCC(Cl)C1. The summed E-state index contributed by atoms with van der Waals surface area (Å²) in [6, 6.07) is 1.72. The van der Waals surface area contributed by atoms with Crippen LogP contribution in [0.25, 0.3) is 0 Å². The Morgan fingerprint density at radius 1 is 1.67 bits per heavy atom. The molecule has 1 fully saturated rings. The van der Waals surface area contributed by atoms with Crippen molar-refractivity contribution in [3.05, 3.63) is 23.7 Å². The summed E-state index contributed by atoms with van der Waals surface area (Å²) in [5.74, 6) is 0.711. The van der Waals surface area contributed by atoms with Crippen LogP contribution in [0.15, 0.2) is 16.7 Å². The Morgan fingerprint density at radius 3 is 3.07 bits per heavy atom. The molecule has 1 aliphatic heterocycles. The summed E-state index contributed by atoms with van der Waals surface area (Å²) in [6.45, 7) is 3.24. The lowest BCUT2D eigenvalue weighted by Crippen LogP contribution is -2.40. The molecule has 1 aromatic heterocycles. The molecule has 1 amide bonds.